The Hall–Kier alpha value is -1.99. The SMILES string of the molecule is CCOCc1c(C(=O)N[C@@H](CCSC)C(=O)OC)oc2ccccc12. The average Bonchev–Trinajstić information content (AvgIpc) is 3.01. The van der Waals surface area contributed by atoms with E-state index < -0.39 is 17.9 Å². The summed E-state index contributed by atoms with van der Waals surface area (Å²) in [4.78, 5) is 24.6. The van der Waals surface area contributed by atoms with Crippen molar-refractivity contribution in [3.63, 3.8) is 0 Å². The Kier molecular flexibility index (Phi) is 7.33. The van der Waals surface area contributed by atoms with E-state index in [1.54, 1.807) is 17.8 Å². The molecule has 0 spiro atoms. The number of amides is 1. The number of fused-ring (bicyclic) bond motifs is 1. The molecule has 0 saturated carbocycles. The summed E-state index contributed by atoms with van der Waals surface area (Å²) in [5.41, 5.74) is 1.30. The van der Waals surface area contributed by atoms with Gasteiger partial charge < -0.3 is 19.2 Å². The van der Waals surface area contributed by atoms with E-state index in [0.717, 1.165) is 11.1 Å². The Labute approximate surface area is 151 Å². The predicted molar refractivity (Wildman–Crippen MR) is 97.8 cm³/mol. The fraction of sp³-hybridized carbons (Fsp3) is 0.444. The first-order valence-electron chi connectivity index (χ1n) is 8.08. The van der Waals surface area contributed by atoms with E-state index in [4.69, 9.17) is 13.9 Å². The van der Waals surface area contributed by atoms with Crippen LogP contribution in [0.5, 0.6) is 0 Å². The zero-order valence-corrected chi connectivity index (χ0v) is 15.5. The van der Waals surface area contributed by atoms with Crippen LogP contribution in [0.4, 0.5) is 0 Å². The molecule has 0 aliphatic carbocycles. The van der Waals surface area contributed by atoms with Crippen molar-refractivity contribution in [2.75, 3.05) is 25.7 Å². The molecule has 0 fully saturated rings. The second kappa shape index (κ2) is 9.48. The van der Waals surface area contributed by atoms with E-state index in [-0.39, 0.29) is 12.4 Å². The Bertz CT molecular complexity index is 727. The van der Waals surface area contributed by atoms with Gasteiger partial charge in [0.25, 0.3) is 5.91 Å². The van der Waals surface area contributed by atoms with Crippen molar-refractivity contribution in [2.45, 2.75) is 26.0 Å². The van der Waals surface area contributed by atoms with Crippen molar-refractivity contribution >= 4 is 34.6 Å². The van der Waals surface area contributed by atoms with Gasteiger partial charge in [0, 0.05) is 17.6 Å². The van der Waals surface area contributed by atoms with E-state index in [1.165, 1.54) is 7.11 Å². The number of carbonyl (C=O) groups excluding carboxylic acids is 2. The summed E-state index contributed by atoms with van der Waals surface area (Å²) >= 11 is 1.60. The number of hydrogen-bond donors (Lipinski definition) is 1. The van der Waals surface area contributed by atoms with Gasteiger partial charge in [0.1, 0.15) is 11.6 Å². The topological polar surface area (TPSA) is 77.8 Å². The quantitative estimate of drug-likeness (QED) is 0.689. The molecule has 0 radical (unpaired) electrons. The van der Waals surface area contributed by atoms with E-state index >= 15 is 0 Å². The molecule has 1 amide bonds. The van der Waals surface area contributed by atoms with Gasteiger partial charge in [-0.3, -0.25) is 4.79 Å². The molecule has 25 heavy (non-hydrogen) atoms. The van der Waals surface area contributed by atoms with Crippen LogP contribution in [0, 0.1) is 0 Å². The van der Waals surface area contributed by atoms with Gasteiger partial charge in [-0.1, -0.05) is 18.2 Å². The fourth-order valence-electron chi connectivity index (χ4n) is 2.48. The zero-order valence-electron chi connectivity index (χ0n) is 14.7. The third-order valence-electron chi connectivity index (χ3n) is 3.76. The van der Waals surface area contributed by atoms with Gasteiger partial charge in [-0.2, -0.15) is 11.8 Å². The second-order valence-electron chi connectivity index (χ2n) is 5.37. The number of ether oxygens (including phenoxy) is 2. The van der Waals surface area contributed by atoms with E-state index in [9.17, 15) is 9.59 Å². The molecule has 0 aliphatic heterocycles. The minimum atomic E-state index is -0.710. The standard InChI is InChI=1S/C18H23NO5S/c1-4-23-11-13-12-7-5-6-8-15(12)24-16(13)17(20)19-14(9-10-25-3)18(21)22-2/h5-8,14H,4,9-11H2,1-3H3,(H,19,20)/t14-/m0/s1. The summed E-state index contributed by atoms with van der Waals surface area (Å²) in [6.45, 7) is 2.68. The lowest BCUT2D eigenvalue weighted by molar-refractivity contribution is -0.142. The van der Waals surface area contributed by atoms with E-state index in [2.05, 4.69) is 5.32 Å². The van der Waals surface area contributed by atoms with Gasteiger partial charge in [0.05, 0.1) is 13.7 Å². The summed E-state index contributed by atoms with van der Waals surface area (Å²) in [5.74, 6) is -0.00797. The fourth-order valence-corrected chi connectivity index (χ4v) is 2.95. The predicted octanol–water partition coefficient (Wildman–Crippen LogP) is 2.99. The van der Waals surface area contributed by atoms with Crippen molar-refractivity contribution in [2.24, 2.45) is 0 Å². The zero-order chi connectivity index (χ0) is 18.2. The van der Waals surface area contributed by atoms with Crippen LogP contribution in [-0.2, 0) is 20.9 Å². The maximum Gasteiger partial charge on any atom is 0.328 e. The third kappa shape index (κ3) is 4.76. The monoisotopic (exact) mass is 365 g/mol. The van der Waals surface area contributed by atoms with Gasteiger partial charge in [-0.15, -0.1) is 0 Å². The number of esters is 1. The molecule has 1 aromatic carbocycles. The maximum absolute atomic E-state index is 12.7. The molecule has 1 atom stereocenters. The normalized spacial score (nSPS) is 12.1. The van der Waals surface area contributed by atoms with E-state index in [1.807, 2.05) is 31.4 Å². The first-order valence-corrected chi connectivity index (χ1v) is 9.47. The lowest BCUT2D eigenvalue weighted by atomic mass is 10.1. The number of hydrogen-bond acceptors (Lipinski definition) is 6. The number of para-hydroxylation sites is 1. The molecular weight excluding hydrogens is 342 g/mol. The molecule has 2 aromatic rings. The summed E-state index contributed by atoms with van der Waals surface area (Å²) in [6, 6.07) is 6.69. The highest BCUT2D eigenvalue weighted by Gasteiger charge is 2.26. The Morgan fingerprint density at radius 2 is 2.08 bits per heavy atom. The Balaban J connectivity index is 2.28. The second-order valence-corrected chi connectivity index (χ2v) is 6.36. The smallest absolute Gasteiger partial charge is 0.328 e. The molecule has 0 aliphatic rings. The number of benzene rings is 1. The summed E-state index contributed by atoms with van der Waals surface area (Å²) in [6.07, 6.45) is 2.43. The average molecular weight is 365 g/mol. The van der Waals surface area contributed by atoms with Crippen LogP contribution in [-0.4, -0.2) is 43.6 Å². The van der Waals surface area contributed by atoms with Gasteiger partial charge in [0.15, 0.2) is 5.76 Å². The first kappa shape index (κ1) is 19.3. The van der Waals surface area contributed by atoms with Crippen molar-refractivity contribution in [1.82, 2.24) is 5.32 Å². The molecule has 0 bridgehead atoms. The number of thioether (sulfide) groups is 1. The molecule has 1 heterocycles. The number of nitrogens with one attached hydrogen (secondary N) is 1. The van der Waals surface area contributed by atoms with Gasteiger partial charge in [-0.25, -0.2) is 4.79 Å². The first-order chi connectivity index (χ1) is 12.1. The van der Waals surface area contributed by atoms with Crippen LogP contribution in [0.3, 0.4) is 0 Å². The van der Waals surface area contributed by atoms with Gasteiger partial charge in [0.2, 0.25) is 0 Å². The molecule has 6 nitrogen and oxygen atoms in total. The molecule has 2 rings (SSSR count). The van der Waals surface area contributed by atoms with Crippen LogP contribution in [0.15, 0.2) is 28.7 Å². The highest BCUT2D eigenvalue weighted by Crippen LogP contribution is 2.26. The van der Waals surface area contributed by atoms with E-state index in [0.29, 0.717) is 24.2 Å². The lowest BCUT2D eigenvalue weighted by Gasteiger charge is -2.15. The van der Waals surface area contributed by atoms with Crippen molar-refractivity contribution in [3.8, 4) is 0 Å². The molecule has 0 saturated heterocycles. The minimum Gasteiger partial charge on any atom is -0.467 e. The van der Waals surface area contributed by atoms with Crippen molar-refractivity contribution in [1.29, 1.82) is 0 Å². The van der Waals surface area contributed by atoms with Crippen LogP contribution < -0.4 is 5.32 Å². The molecule has 1 aromatic heterocycles. The van der Waals surface area contributed by atoms with Gasteiger partial charge in [-0.05, 0) is 31.4 Å². The number of carbonyl (C=O) groups is 2. The van der Waals surface area contributed by atoms with Crippen LogP contribution in [0.25, 0.3) is 11.0 Å². The summed E-state index contributed by atoms with van der Waals surface area (Å²) in [5, 5.41) is 3.55. The lowest BCUT2D eigenvalue weighted by Crippen LogP contribution is -2.42. The molecular formula is C18H23NO5S. The number of methoxy groups -OCH3 is 1. The molecule has 136 valence electrons. The van der Waals surface area contributed by atoms with Gasteiger partial charge >= 0.3 is 5.97 Å². The number of rotatable bonds is 9. The molecule has 1 N–H and O–H groups in total. The molecule has 7 heteroatoms. The highest BCUT2D eigenvalue weighted by molar-refractivity contribution is 7.98. The third-order valence-corrected chi connectivity index (χ3v) is 4.40. The van der Waals surface area contributed by atoms with Crippen molar-refractivity contribution < 1.29 is 23.5 Å². The number of furan rings is 1. The molecule has 0 unspecified atom stereocenters. The van der Waals surface area contributed by atoms with Crippen molar-refractivity contribution in [3.05, 3.63) is 35.6 Å². The highest BCUT2D eigenvalue weighted by atomic mass is 32.2. The Morgan fingerprint density at radius 3 is 2.76 bits per heavy atom. The summed E-state index contributed by atoms with van der Waals surface area (Å²) in [7, 11) is 1.31. The van der Waals surface area contributed by atoms with Crippen LogP contribution >= 0.6 is 11.8 Å². The minimum absolute atomic E-state index is 0.174. The largest absolute Gasteiger partial charge is 0.467 e. The summed E-state index contributed by atoms with van der Waals surface area (Å²) < 4.78 is 16.0. The van der Waals surface area contributed by atoms with Crippen LogP contribution in [0.2, 0.25) is 0 Å². The maximum atomic E-state index is 12.7. The van der Waals surface area contributed by atoms with Crippen LogP contribution in [0.1, 0.15) is 29.5 Å². The Morgan fingerprint density at radius 1 is 1.32 bits per heavy atom.